The second-order valence-corrected chi connectivity index (χ2v) is 9.00. The first-order chi connectivity index (χ1) is 13.2. The summed E-state index contributed by atoms with van der Waals surface area (Å²) in [5.41, 5.74) is 0.0192. The van der Waals surface area contributed by atoms with Crippen LogP contribution < -0.4 is 9.62 Å². The number of carbonyl (C=O) groups is 1. The molecule has 0 aromatic heterocycles. The molecule has 2 aromatic rings. The molecule has 0 fully saturated rings. The van der Waals surface area contributed by atoms with Gasteiger partial charge < -0.3 is 5.32 Å². The van der Waals surface area contributed by atoms with Crippen molar-refractivity contribution in [3.05, 3.63) is 58.1 Å². The molecule has 1 N–H and O–H groups in total. The second kappa shape index (κ2) is 8.23. The third kappa shape index (κ3) is 5.42. The van der Waals surface area contributed by atoms with E-state index in [1.807, 2.05) is 0 Å². The Bertz CT molecular complexity index is 1040. The predicted molar refractivity (Wildman–Crippen MR) is 108 cm³/mol. The molecule has 0 heterocycles. The number of halogens is 4. The Hall–Kier alpha value is -2.26. The standard InChI is InChI=1S/C19H20ClF3N2O3S/c1-11-5-6-12(2)17(9-11)25(29(4,27)28)13(3)18(26)24-16-8-7-14(20)10-15(16)19(21,22)23/h5-10,13H,1-4H3,(H,24,26)/t13-/m0/s1. The molecule has 0 aliphatic heterocycles. The van der Waals surface area contributed by atoms with E-state index < -0.39 is 39.4 Å². The van der Waals surface area contributed by atoms with Gasteiger partial charge in [0.05, 0.1) is 23.2 Å². The second-order valence-electron chi connectivity index (χ2n) is 6.70. The van der Waals surface area contributed by atoms with Crippen molar-refractivity contribution in [2.75, 3.05) is 15.9 Å². The van der Waals surface area contributed by atoms with E-state index in [0.29, 0.717) is 11.6 Å². The van der Waals surface area contributed by atoms with Gasteiger partial charge in [-0.1, -0.05) is 23.7 Å². The number of carbonyl (C=O) groups excluding carboxylic acids is 1. The van der Waals surface area contributed by atoms with Gasteiger partial charge in [-0.05, 0) is 56.2 Å². The van der Waals surface area contributed by atoms with Crippen LogP contribution in [0.4, 0.5) is 24.5 Å². The first-order valence-electron chi connectivity index (χ1n) is 8.46. The van der Waals surface area contributed by atoms with Crippen molar-refractivity contribution >= 4 is 38.9 Å². The molecule has 10 heteroatoms. The van der Waals surface area contributed by atoms with Gasteiger partial charge in [0.1, 0.15) is 6.04 Å². The van der Waals surface area contributed by atoms with Crippen molar-refractivity contribution in [1.29, 1.82) is 0 Å². The summed E-state index contributed by atoms with van der Waals surface area (Å²) in [6.45, 7) is 4.75. The third-order valence-corrected chi connectivity index (χ3v) is 5.70. The van der Waals surface area contributed by atoms with Crippen molar-refractivity contribution < 1.29 is 26.4 Å². The van der Waals surface area contributed by atoms with Gasteiger partial charge in [0, 0.05) is 5.02 Å². The zero-order chi connectivity index (χ0) is 22.1. The van der Waals surface area contributed by atoms with Gasteiger partial charge >= 0.3 is 6.18 Å². The molecule has 0 spiro atoms. The number of nitrogens with zero attached hydrogens (tertiary/aromatic N) is 1. The maximum absolute atomic E-state index is 13.3. The van der Waals surface area contributed by atoms with Crippen LogP contribution >= 0.6 is 11.6 Å². The number of alkyl halides is 3. The van der Waals surface area contributed by atoms with Crippen LogP contribution in [0.15, 0.2) is 36.4 Å². The molecular weight excluding hydrogens is 429 g/mol. The molecule has 0 radical (unpaired) electrons. The number of hydrogen-bond donors (Lipinski definition) is 1. The van der Waals surface area contributed by atoms with E-state index in [9.17, 15) is 26.4 Å². The number of hydrogen-bond acceptors (Lipinski definition) is 3. The number of sulfonamides is 1. The summed E-state index contributed by atoms with van der Waals surface area (Å²) < 4.78 is 65.5. The molecule has 0 aliphatic rings. The molecule has 0 aliphatic carbocycles. The first-order valence-corrected chi connectivity index (χ1v) is 10.7. The lowest BCUT2D eigenvalue weighted by molar-refractivity contribution is -0.137. The Morgan fingerprint density at radius 3 is 2.31 bits per heavy atom. The minimum atomic E-state index is -4.75. The average molecular weight is 449 g/mol. The van der Waals surface area contributed by atoms with E-state index in [1.165, 1.54) is 13.0 Å². The Morgan fingerprint density at radius 1 is 1.14 bits per heavy atom. The van der Waals surface area contributed by atoms with Crippen LogP contribution in [0.1, 0.15) is 23.6 Å². The van der Waals surface area contributed by atoms with Crippen molar-refractivity contribution in [2.45, 2.75) is 33.0 Å². The molecule has 158 valence electrons. The van der Waals surface area contributed by atoms with Crippen LogP contribution in [0, 0.1) is 13.8 Å². The lowest BCUT2D eigenvalue weighted by Crippen LogP contribution is -2.45. The molecule has 1 amide bonds. The number of rotatable bonds is 5. The van der Waals surface area contributed by atoms with Crippen molar-refractivity contribution in [1.82, 2.24) is 0 Å². The lowest BCUT2D eigenvalue weighted by Gasteiger charge is -2.30. The Morgan fingerprint density at radius 2 is 1.76 bits per heavy atom. The number of anilines is 2. The highest BCUT2D eigenvalue weighted by molar-refractivity contribution is 7.92. The number of nitrogens with one attached hydrogen (secondary N) is 1. The smallest absolute Gasteiger partial charge is 0.324 e. The number of benzene rings is 2. The maximum Gasteiger partial charge on any atom is 0.418 e. The monoisotopic (exact) mass is 448 g/mol. The van der Waals surface area contributed by atoms with Gasteiger partial charge in [0.2, 0.25) is 15.9 Å². The van der Waals surface area contributed by atoms with E-state index in [4.69, 9.17) is 11.6 Å². The van der Waals surface area contributed by atoms with Gasteiger partial charge in [-0.2, -0.15) is 13.2 Å². The quantitative estimate of drug-likeness (QED) is 0.716. The molecule has 0 unspecified atom stereocenters. The summed E-state index contributed by atoms with van der Waals surface area (Å²) in [4.78, 5) is 12.7. The van der Waals surface area contributed by atoms with Crippen LogP contribution in [0.2, 0.25) is 5.02 Å². The van der Waals surface area contributed by atoms with Crippen molar-refractivity contribution in [3.63, 3.8) is 0 Å². The summed E-state index contributed by atoms with van der Waals surface area (Å²) in [7, 11) is -3.91. The SMILES string of the molecule is Cc1ccc(C)c(N([C@@H](C)C(=O)Nc2ccc(Cl)cc2C(F)(F)F)S(C)(=O)=O)c1. The topological polar surface area (TPSA) is 66.5 Å². The fourth-order valence-electron chi connectivity index (χ4n) is 2.84. The Labute approximate surface area is 172 Å². The highest BCUT2D eigenvalue weighted by atomic mass is 35.5. The van der Waals surface area contributed by atoms with Crippen LogP contribution in [0.25, 0.3) is 0 Å². The van der Waals surface area contributed by atoms with Crippen LogP contribution in [-0.4, -0.2) is 26.6 Å². The summed E-state index contributed by atoms with van der Waals surface area (Å²) in [5, 5.41) is 2.03. The predicted octanol–water partition coefficient (Wildman–Crippen LogP) is 4.77. The van der Waals surface area contributed by atoms with E-state index >= 15 is 0 Å². The summed E-state index contributed by atoms with van der Waals surface area (Å²) >= 11 is 5.64. The van der Waals surface area contributed by atoms with Gasteiger partial charge in [0.15, 0.2) is 0 Å². The molecule has 5 nitrogen and oxygen atoms in total. The Balaban J connectivity index is 2.45. The minimum Gasteiger partial charge on any atom is -0.324 e. The fraction of sp³-hybridized carbons (Fsp3) is 0.316. The number of amides is 1. The third-order valence-electron chi connectivity index (χ3n) is 4.24. The summed E-state index contributed by atoms with van der Waals surface area (Å²) in [5.74, 6) is -0.913. The summed E-state index contributed by atoms with van der Waals surface area (Å²) in [6, 6.07) is 6.71. The van der Waals surface area contributed by atoms with Gasteiger partial charge in [-0.25, -0.2) is 8.42 Å². The van der Waals surface area contributed by atoms with E-state index in [-0.39, 0.29) is 10.7 Å². The molecular formula is C19H20ClF3N2O3S. The zero-order valence-corrected chi connectivity index (χ0v) is 17.7. The minimum absolute atomic E-state index is 0.142. The van der Waals surface area contributed by atoms with Crippen molar-refractivity contribution in [2.24, 2.45) is 0 Å². The highest BCUT2D eigenvalue weighted by Gasteiger charge is 2.36. The fourth-order valence-corrected chi connectivity index (χ4v) is 4.23. The van der Waals surface area contributed by atoms with E-state index in [0.717, 1.165) is 22.2 Å². The van der Waals surface area contributed by atoms with E-state index in [2.05, 4.69) is 5.32 Å². The average Bonchev–Trinajstić information content (AvgIpc) is 2.57. The first kappa shape index (κ1) is 23.0. The van der Waals surface area contributed by atoms with E-state index in [1.54, 1.807) is 32.0 Å². The molecule has 2 rings (SSSR count). The van der Waals surface area contributed by atoms with Gasteiger partial charge in [-0.15, -0.1) is 0 Å². The van der Waals surface area contributed by atoms with Crippen LogP contribution in [0.3, 0.4) is 0 Å². The van der Waals surface area contributed by atoms with Crippen LogP contribution in [-0.2, 0) is 21.0 Å². The summed E-state index contributed by atoms with van der Waals surface area (Å²) in [6.07, 6.45) is -3.82. The molecule has 0 bridgehead atoms. The van der Waals surface area contributed by atoms with Gasteiger partial charge in [0.25, 0.3) is 0 Å². The zero-order valence-electron chi connectivity index (χ0n) is 16.1. The molecule has 29 heavy (non-hydrogen) atoms. The Kier molecular flexibility index (Phi) is 6.54. The highest BCUT2D eigenvalue weighted by Crippen LogP contribution is 2.37. The maximum atomic E-state index is 13.3. The van der Waals surface area contributed by atoms with Gasteiger partial charge in [-0.3, -0.25) is 9.10 Å². The molecule has 0 saturated carbocycles. The molecule has 2 aromatic carbocycles. The molecule has 0 saturated heterocycles. The lowest BCUT2D eigenvalue weighted by atomic mass is 10.1. The van der Waals surface area contributed by atoms with Crippen molar-refractivity contribution in [3.8, 4) is 0 Å². The normalized spacial score (nSPS) is 13.1. The number of aryl methyl sites for hydroxylation is 2. The molecule has 1 atom stereocenters. The van der Waals surface area contributed by atoms with Crippen LogP contribution in [0.5, 0.6) is 0 Å². The largest absolute Gasteiger partial charge is 0.418 e.